The van der Waals surface area contributed by atoms with Gasteiger partial charge in [0.25, 0.3) is 0 Å². The lowest BCUT2D eigenvalue weighted by molar-refractivity contribution is 0.523. The fourth-order valence-electron chi connectivity index (χ4n) is 0.940. The zero-order chi connectivity index (χ0) is 8.16. The molecule has 56 valence electrons. The van der Waals surface area contributed by atoms with Crippen molar-refractivity contribution in [2.24, 2.45) is 10.2 Å². The van der Waals surface area contributed by atoms with Crippen molar-refractivity contribution >= 4 is 0 Å². The zero-order valence-corrected chi connectivity index (χ0v) is 6.38. The van der Waals surface area contributed by atoms with Crippen molar-refractivity contribution in [2.45, 2.75) is 31.3 Å². The van der Waals surface area contributed by atoms with Gasteiger partial charge in [-0.2, -0.15) is 10.2 Å². The third kappa shape index (κ3) is 2.09. The lowest BCUT2D eigenvalue weighted by Crippen LogP contribution is -2.09. The molecule has 2 nitrogen and oxygen atoms in total. The van der Waals surface area contributed by atoms with E-state index in [0.29, 0.717) is 0 Å². The summed E-state index contributed by atoms with van der Waals surface area (Å²) in [7, 11) is 0. The summed E-state index contributed by atoms with van der Waals surface area (Å²) < 4.78 is 0. The SMILES string of the molecule is C#CCCC1(CCC#C)N=N1. The van der Waals surface area contributed by atoms with E-state index < -0.39 is 0 Å². The van der Waals surface area contributed by atoms with Gasteiger partial charge in [-0.15, -0.1) is 24.7 Å². The predicted molar refractivity (Wildman–Crippen MR) is 43.7 cm³/mol. The molecule has 2 heteroatoms. The maximum Gasteiger partial charge on any atom is 0.192 e. The van der Waals surface area contributed by atoms with E-state index in [9.17, 15) is 0 Å². The highest BCUT2D eigenvalue weighted by Gasteiger charge is 2.38. The molecule has 0 amide bonds. The number of terminal acetylenes is 2. The molecule has 0 radical (unpaired) electrons. The average molecular weight is 146 g/mol. The van der Waals surface area contributed by atoms with Crippen LogP contribution >= 0.6 is 0 Å². The first kappa shape index (κ1) is 7.82. The van der Waals surface area contributed by atoms with Crippen molar-refractivity contribution < 1.29 is 0 Å². The Balaban J connectivity index is 2.21. The second kappa shape index (κ2) is 3.21. The summed E-state index contributed by atoms with van der Waals surface area (Å²) in [5, 5.41) is 7.89. The lowest BCUT2D eigenvalue weighted by atomic mass is 10.0. The first-order chi connectivity index (χ1) is 5.33. The molecule has 0 unspecified atom stereocenters. The Labute approximate surface area is 67.1 Å². The van der Waals surface area contributed by atoms with E-state index >= 15 is 0 Å². The Morgan fingerprint density at radius 2 is 1.45 bits per heavy atom. The van der Waals surface area contributed by atoms with Gasteiger partial charge in [0.1, 0.15) is 0 Å². The Bertz CT molecular complexity index is 213. The van der Waals surface area contributed by atoms with Gasteiger partial charge in [0.05, 0.1) is 0 Å². The topological polar surface area (TPSA) is 24.7 Å². The second-order valence-corrected chi connectivity index (χ2v) is 2.59. The van der Waals surface area contributed by atoms with Crippen molar-refractivity contribution in [3.8, 4) is 24.7 Å². The van der Waals surface area contributed by atoms with Crippen molar-refractivity contribution in [3.63, 3.8) is 0 Å². The molecule has 0 spiro atoms. The Hall–Kier alpha value is -1.28. The predicted octanol–water partition coefficient (Wildman–Crippen LogP) is 1.98. The molecule has 0 saturated heterocycles. The van der Waals surface area contributed by atoms with Crippen LogP contribution in [0.3, 0.4) is 0 Å². The van der Waals surface area contributed by atoms with E-state index in [1.54, 1.807) is 0 Å². The number of rotatable bonds is 4. The molecular formula is C9H10N2. The average Bonchev–Trinajstić information content (AvgIpc) is 2.79. The van der Waals surface area contributed by atoms with E-state index in [-0.39, 0.29) is 5.66 Å². The van der Waals surface area contributed by atoms with Gasteiger partial charge in [0, 0.05) is 25.7 Å². The minimum atomic E-state index is -0.182. The maximum absolute atomic E-state index is 5.12. The van der Waals surface area contributed by atoms with Gasteiger partial charge in [-0.05, 0) is 0 Å². The quantitative estimate of drug-likeness (QED) is 0.542. The minimum Gasteiger partial charge on any atom is -0.159 e. The summed E-state index contributed by atoms with van der Waals surface area (Å²) in [5.41, 5.74) is -0.182. The largest absolute Gasteiger partial charge is 0.192 e. The molecular weight excluding hydrogens is 136 g/mol. The van der Waals surface area contributed by atoms with Gasteiger partial charge in [0.15, 0.2) is 5.66 Å². The molecule has 0 aromatic rings. The highest BCUT2D eigenvalue weighted by molar-refractivity contribution is 5.00. The van der Waals surface area contributed by atoms with Gasteiger partial charge in [-0.1, -0.05) is 0 Å². The van der Waals surface area contributed by atoms with Gasteiger partial charge >= 0.3 is 0 Å². The fraction of sp³-hybridized carbons (Fsp3) is 0.556. The fourth-order valence-corrected chi connectivity index (χ4v) is 0.940. The van der Waals surface area contributed by atoms with Gasteiger partial charge < -0.3 is 0 Å². The molecule has 0 aromatic heterocycles. The first-order valence-corrected chi connectivity index (χ1v) is 3.64. The van der Waals surface area contributed by atoms with Crippen LogP contribution in [0, 0.1) is 24.7 Å². The molecule has 0 aromatic carbocycles. The van der Waals surface area contributed by atoms with E-state index in [2.05, 4.69) is 22.1 Å². The van der Waals surface area contributed by atoms with Crippen LogP contribution in [0.25, 0.3) is 0 Å². The summed E-state index contributed by atoms with van der Waals surface area (Å²) >= 11 is 0. The van der Waals surface area contributed by atoms with Crippen molar-refractivity contribution in [3.05, 3.63) is 0 Å². The van der Waals surface area contributed by atoms with Crippen molar-refractivity contribution in [1.29, 1.82) is 0 Å². The van der Waals surface area contributed by atoms with Gasteiger partial charge in [-0.3, -0.25) is 0 Å². The van der Waals surface area contributed by atoms with Crippen molar-refractivity contribution in [1.82, 2.24) is 0 Å². The zero-order valence-electron chi connectivity index (χ0n) is 6.38. The summed E-state index contributed by atoms with van der Waals surface area (Å²) in [6, 6.07) is 0. The van der Waals surface area contributed by atoms with Crippen molar-refractivity contribution in [2.75, 3.05) is 0 Å². The highest BCUT2D eigenvalue weighted by Crippen LogP contribution is 2.37. The third-order valence-electron chi connectivity index (χ3n) is 1.72. The number of hydrogen-bond acceptors (Lipinski definition) is 2. The van der Waals surface area contributed by atoms with E-state index in [4.69, 9.17) is 12.8 Å². The third-order valence-corrected chi connectivity index (χ3v) is 1.72. The Morgan fingerprint density at radius 1 is 1.00 bits per heavy atom. The summed E-state index contributed by atoms with van der Waals surface area (Å²) in [4.78, 5) is 0. The minimum absolute atomic E-state index is 0.182. The van der Waals surface area contributed by atoms with E-state index in [1.807, 2.05) is 0 Å². The van der Waals surface area contributed by atoms with Crippen LogP contribution < -0.4 is 0 Å². The summed E-state index contributed by atoms with van der Waals surface area (Å²) in [6.45, 7) is 0. The molecule has 1 heterocycles. The number of nitrogens with zero attached hydrogens (tertiary/aromatic N) is 2. The molecule has 1 aliphatic rings. The van der Waals surface area contributed by atoms with Crippen LogP contribution in [0.2, 0.25) is 0 Å². The first-order valence-electron chi connectivity index (χ1n) is 3.64. The van der Waals surface area contributed by atoms with Crippen LogP contribution in [-0.2, 0) is 0 Å². The maximum atomic E-state index is 5.12. The lowest BCUT2D eigenvalue weighted by Gasteiger charge is -2.04. The molecule has 0 fully saturated rings. The van der Waals surface area contributed by atoms with Crippen LogP contribution in [0.5, 0.6) is 0 Å². The second-order valence-electron chi connectivity index (χ2n) is 2.59. The molecule has 1 aliphatic heterocycles. The van der Waals surface area contributed by atoms with E-state index in [0.717, 1.165) is 25.7 Å². The standard InChI is InChI=1S/C9H10N2/c1-3-5-7-9(10-11-9)8-6-4-2/h1-2H,5-8H2. The van der Waals surface area contributed by atoms with Gasteiger partial charge in [0.2, 0.25) is 0 Å². The molecule has 0 atom stereocenters. The highest BCUT2D eigenvalue weighted by atomic mass is 15.4. The summed E-state index contributed by atoms with van der Waals surface area (Å²) in [6.07, 6.45) is 13.4. The molecule has 0 aliphatic carbocycles. The van der Waals surface area contributed by atoms with Crippen LogP contribution in [0.1, 0.15) is 25.7 Å². The monoisotopic (exact) mass is 146 g/mol. The van der Waals surface area contributed by atoms with Gasteiger partial charge in [-0.25, -0.2) is 0 Å². The molecule has 0 bridgehead atoms. The molecule has 0 saturated carbocycles. The van der Waals surface area contributed by atoms with Crippen LogP contribution in [0.4, 0.5) is 0 Å². The molecule has 11 heavy (non-hydrogen) atoms. The van der Waals surface area contributed by atoms with E-state index in [1.165, 1.54) is 0 Å². The number of hydrogen-bond donors (Lipinski definition) is 0. The van der Waals surface area contributed by atoms with Crippen LogP contribution in [0.15, 0.2) is 10.2 Å². The smallest absolute Gasteiger partial charge is 0.159 e. The molecule has 0 N–H and O–H groups in total. The molecule has 1 rings (SSSR count). The summed E-state index contributed by atoms with van der Waals surface area (Å²) in [5.74, 6) is 5.14. The van der Waals surface area contributed by atoms with Crippen LogP contribution in [-0.4, -0.2) is 5.66 Å². The normalized spacial score (nSPS) is 16.9. The Morgan fingerprint density at radius 3 is 1.73 bits per heavy atom. The Kier molecular flexibility index (Phi) is 2.28.